The lowest BCUT2D eigenvalue weighted by Crippen LogP contribution is -2.61. The van der Waals surface area contributed by atoms with E-state index in [1.165, 1.54) is 31.3 Å². The summed E-state index contributed by atoms with van der Waals surface area (Å²) in [6.07, 6.45) is 3.62. The summed E-state index contributed by atoms with van der Waals surface area (Å²) in [4.78, 5) is 29.3. The molecule has 2 unspecified atom stereocenters. The first kappa shape index (κ1) is 26.9. The Morgan fingerprint density at radius 2 is 1.85 bits per heavy atom. The van der Waals surface area contributed by atoms with Crippen molar-refractivity contribution < 1.29 is 30.8 Å². The average molecular weight is 589 g/mol. The smallest absolute Gasteiger partial charge is 0.286 e. The van der Waals surface area contributed by atoms with Crippen molar-refractivity contribution in [3.8, 4) is 0 Å². The Morgan fingerprint density at radius 1 is 1.12 bits per heavy atom. The van der Waals surface area contributed by atoms with Gasteiger partial charge in [0, 0.05) is 25.6 Å². The number of carbonyl (C=O) groups is 2. The van der Waals surface area contributed by atoms with Crippen molar-refractivity contribution >= 4 is 48.9 Å². The Morgan fingerprint density at radius 3 is 2.55 bits per heavy atom. The van der Waals surface area contributed by atoms with Gasteiger partial charge in [-0.15, -0.1) is 4.40 Å². The highest BCUT2D eigenvalue weighted by molar-refractivity contribution is 7.92. The standard InChI is InChI=1S/C27H29FN4O6S2/c1-14-10-15(4-8-19(14)28)13-32-24-17-6-5-16(11-17)22(24)25(33)23(27(32)34)26-29-20-9-7-18(31(2)39(3,35)36)12-21(20)40(37,38)30-26/h4,7-10,12,16-17,22-24H,5-6,11,13H2,1-3H3,(H,29,30)/t16-,17+,22+,23?,24?/m0/s1. The van der Waals surface area contributed by atoms with Crippen LogP contribution in [-0.2, 0) is 36.2 Å². The molecule has 2 aromatic carbocycles. The van der Waals surface area contributed by atoms with Crippen LogP contribution < -0.4 is 9.62 Å². The van der Waals surface area contributed by atoms with Crippen LogP contribution in [0.5, 0.6) is 0 Å². The molecule has 40 heavy (non-hydrogen) atoms. The van der Waals surface area contributed by atoms with Gasteiger partial charge < -0.3 is 10.2 Å². The van der Waals surface area contributed by atoms with E-state index >= 15 is 0 Å². The number of amides is 1. The Hall–Kier alpha value is -3.32. The van der Waals surface area contributed by atoms with E-state index in [0.717, 1.165) is 35.4 Å². The summed E-state index contributed by atoms with van der Waals surface area (Å²) in [7, 11) is -6.71. The largest absolute Gasteiger partial charge is 0.341 e. The van der Waals surface area contributed by atoms with Crippen molar-refractivity contribution in [2.75, 3.05) is 22.9 Å². The van der Waals surface area contributed by atoms with Crippen LogP contribution in [0, 0.1) is 36.4 Å². The zero-order valence-corrected chi connectivity index (χ0v) is 23.8. The van der Waals surface area contributed by atoms with Gasteiger partial charge in [-0.1, -0.05) is 12.1 Å². The number of sulfonamides is 2. The Labute approximate surface area is 232 Å². The summed E-state index contributed by atoms with van der Waals surface area (Å²) < 4.78 is 69.3. The third kappa shape index (κ3) is 4.21. The zero-order valence-electron chi connectivity index (χ0n) is 22.2. The molecular weight excluding hydrogens is 559 g/mol. The molecule has 10 nitrogen and oxygen atoms in total. The molecule has 0 aromatic heterocycles. The molecule has 2 heterocycles. The predicted molar refractivity (Wildman–Crippen MR) is 146 cm³/mol. The first-order chi connectivity index (χ1) is 18.8. The van der Waals surface area contributed by atoms with Gasteiger partial charge in [-0.2, -0.15) is 8.42 Å². The number of Topliss-reactive ketones (excluding diaryl/α,β-unsaturated/α-hetero) is 1. The minimum absolute atomic E-state index is 0.104. The number of likely N-dealkylation sites (tertiary alicyclic amines) is 1. The van der Waals surface area contributed by atoms with Gasteiger partial charge in [-0.25, -0.2) is 12.8 Å². The number of benzene rings is 2. The highest BCUT2D eigenvalue weighted by Crippen LogP contribution is 2.54. The van der Waals surface area contributed by atoms with Gasteiger partial charge in [0.1, 0.15) is 16.5 Å². The molecule has 13 heteroatoms. The molecule has 0 spiro atoms. The lowest BCUT2D eigenvalue weighted by molar-refractivity contribution is -0.153. The second-order valence-corrected chi connectivity index (χ2v) is 14.8. The number of nitrogens with one attached hydrogen (secondary N) is 1. The van der Waals surface area contributed by atoms with E-state index in [1.807, 2.05) is 0 Å². The first-order valence-corrected chi connectivity index (χ1v) is 16.3. The second kappa shape index (κ2) is 9.10. The van der Waals surface area contributed by atoms with E-state index in [2.05, 4.69) is 9.71 Å². The van der Waals surface area contributed by atoms with Gasteiger partial charge in [0.15, 0.2) is 11.7 Å². The summed E-state index contributed by atoms with van der Waals surface area (Å²) in [6, 6.07) is 8.39. The lowest BCUT2D eigenvalue weighted by atomic mass is 9.73. The van der Waals surface area contributed by atoms with Crippen LogP contribution in [0.2, 0.25) is 0 Å². The number of fused-ring (bicyclic) bond motifs is 6. The minimum atomic E-state index is -4.37. The second-order valence-electron chi connectivity index (χ2n) is 11.2. The number of halogens is 1. The van der Waals surface area contributed by atoms with Gasteiger partial charge in [0.25, 0.3) is 10.0 Å². The van der Waals surface area contributed by atoms with Gasteiger partial charge >= 0.3 is 0 Å². The number of hydrogen-bond donors (Lipinski definition) is 1. The van der Waals surface area contributed by atoms with Crippen molar-refractivity contribution in [3.05, 3.63) is 53.3 Å². The van der Waals surface area contributed by atoms with Gasteiger partial charge in [0.05, 0.1) is 17.6 Å². The Bertz CT molecular complexity index is 1710. The maximum absolute atomic E-state index is 14.0. The fraction of sp³-hybridized carbons (Fsp3) is 0.444. The van der Waals surface area contributed by atoms with E-state index < -0.39 is 37.8 Å². The number of rotatable bonds is 5. The first-order valence-electron chi connectivity index (χ1n) is 13.1. The summed E-state index contributed by atoms with van der Waals surface area (Å²) in [5.74, 6) is -3.03. The molecule has 2 aliphatic carbocycles. The monoisotopic (exact) mass is 588 g/mol. The molecule has 6 rings (SSSR count). The summed E-state index contributed by atoms with van der Waals surface area (Å²) in [5.41, 5.74) is 1.40. The zero-order chi connectivity index (χ0) is 28.7. The summed E-state index contributed by atoms with van der Waals surface area (Å²) >= 11 is 0. The molecule has 5 atom stereocenters. The van der Waals surface area contributed by atoms with E-state index in [9.17, 15) is 30.8 Å². The van der Waals surface area contributed by atoms with Crippen LogP contribution in [0.15, 0.2) is 45.7 Å². The number of aryl methyl sites for hydroxylation is 1. The topological polar surface area (TPSA) is 133 Å². The minimum Gasteiger partial charge on any atom is -0.341 e. The molecule has 2 aliphatic heterocycles. The van der Waals surface area contributed by atoms with Crippen LogP contribution >= 0.6 is 0 Å². The fourth-order valence-corrected chi connectivity index (χ4v) is 8.52. The summed E-state index contributed by atoms with van der Waals surface area (Å²) in [5, 5.41) is 2.90. The number of hydrogen-bond acceptors (Lipinski definition) is 7. The lowest BCUT2D eigenvalue weighted by Gasteiger charge is -2.45. The van der Waals surface area contributed by atoms with Crippen LogP contribution in [0.1, 0.15) is 30.4 Å². The van der Waals surface area contributed by atoms with Crippen LogP contribution in [0.3, 0.4) is 0 Å². The quantitative estimate of drug-likeness (QED) is 0.531. The van der Waals surface area contributed by atoms with Gasteiger partial charge in [-0.05, 0) is 73.4 Å². The summed E-state index contributed by atoms with van der Waals surface area (Å²) in [6.45, 7) is 1.82. The van der Waals surface area contributed by atoms with Crippen molar-refractivity contribution in [1.82, 2.24) is 4.90 Å². The van der Waals surface area contributed by atoms with Gasteiger partial charge in [0.2, 0.25) is 15.9 Å². The Kier molecular flexibility index (Phi) is 6.11. The highest BCUT2D eigenvalue weighted by atomic mass is 32.2. The van der Waals surface area contributed by atoms with Crippen molar-refractivity contribution in [2.45, 2.75) is 43.7 Å². The predicted octanol–water partition coefficient (Wildman–Crippen LogP) is 2.69. The molecule has 1 N–H and O–H groups in total. The van der Waals surface area contributed by atoms with E-state index in [1.54, 1.807) is 24.0 Å². The van der Waals surface area contributed by atoms with E-state index in [-0.39, 0.29) is 58.1 Å². The molecular formula is C27H29FN4O6S2. The maximum Gasteiger partial charge on any atom is 0.286 e. The van der Waals surface area contributed by atoms with Gasteiger partial charge in [-0.3, -0.25) is 13.9 Å². The number of piperidine rings is 1. The average Bonchev–Trinajstić information content (AvgIpc) is 3.50. The van der Waals surface area contributed by atoms with Crippen LogP contribution in [0.25, 0.3) is 0 Å². The number of carbonyl (C=O) groups excluding carboxylic acids is 2. The molecule has 2 aromatic rings. The molecule has 1 amide bonds. The normalized spacial score (nSPS) is 28.6. The Balaban J connectivity index is 1.38. The number of anilines is 2. The number of nitrogens with zero attached hydrogens (tertiary/aromatic N) is 3. The van der Waals surface area contributed by atoms with Crippen molar-refractivity contribution in [1.29, 1.82) is 0 Å². The SMILES string of the molecule is Cc1cc(CN2C(=O)C(C3=NS(=O)(=O)c4cc(N(C)S(C)(=O)=O)ccc4N3)C(=O)[C@H]3C2[C@@H]2CC[C@H]3C2)ccc1F. The van der Waals surface area contributed by atoms with Crippen molar-refractivity contribution in [3.63, 3.8) is 0 Å². The van der Waals surface area contributed by atoms with Crippen LogP contribution in [0.4, 0.5) is 15.8 Å². The maximum atomic E-state index is 14.0. The van der Waals surface area contributed by atoms with E-state index in [0.29, 0.717) is 5.56 Å². The van der Waals surface area contributed by atoms with Crippen LogP contribution in [-0.4, -0.2) is 58.6 Å². The number of ketones is 1. The third-order valence-corrected chi connectivity index (χ3v) is 11.3. The molecule has 2 bridgehead atoms. The molecule has 0 radical (unpaired) electrons. The molecule has 2 saturated carbocycles. The van der Waals surface area contributed by atoms with E-state index in [4.69, 9.17) is 0 Å². The molecule has 212 valence electrons. The third-order valence-electron chi connectivity index (χ3n) is 8.81. The van der Waals surface area contributed by atoms with Crippen molar-refractivity contribution in [2.24, 2.45) is 28.1 Å². The fourth-order valence-electron chi connectivity index (χ4n) is 6.85. The molecule has 4 aliphatic rings. The molecule has 1 saturated heterocycles. The highest BCUT2D eigenvalue weighted by Gasteiger charge is 2.60. The number of amidine groups is 1. The molecule has 3 fully saturated rings.